The van der Waals surface area contributed by atoms with E-state index >= 15 is 0 Å². The molecule has 184 valence electrons. The molecule has 3 aromatic carbocycles. The van der Waals surface area contributed by atoms with Gasteiger partial charge in [0.05, 0.1) is 0 Å². The standard InChI is InChI=1S/C35H32O2/c1-35(2)33-21-29(36-27-13-11-23-7-3-5-9-25(23)19-27)15-17-31(33)32-18-16-30(22-34(32)35)37-28-14-12-24-8-4-6-10-26(24)20-28/h3-5,7-9,11,13,15,17,19-22H,6,10,12,14,16,18H2,1-2H3. The highest BCUT2D eigenvalue weighted by molar-refractivity contribution is 5.85. The van der Waals surface area contributed by atoms with Crippen LogP contribution in [0.5, 0.6) is 11.5 Å². The second-order valence-electron chi connectivity index (χ2n) is 11.2. The van der Waals surface area contributed by atoms with Gasteiger partial charge >= 0.3 is 0 Å². The minimum absolute atomic E-state index is 0.0900. The zero-order valence-electron chi connectivity index (χ0n) is 21.6. The molecule has 2 heteroatoms. The van der Waals surface area contributed by atoms with Gasteiger partial charge in [-0.25, -0.2) is 0 Å². The zero-order chi connectivity index (χ0) is 25.0. The maximum absolute atomic E-state index is 6.52. The fourth-order valence-corrected chi connectivity index (χ4v) is 6.41. The van der Waals surface area contributed by atoms with E-state index in [0.29, 0.717) is 0 Å². The van der Waals surface area contributed by atoms with Crippen LogP contribution in [0.15, 0.2) is 113 Å². The summed E-state index contributed by atoms with van der Waals surface area (Å²) < 4.78 is 12.9. The molecule has 0 bridgehead atoms. The van der Waals surface area contributed by atoms with Gasteiger partial charge < -0.3 is 9.47 Å². The molecule has 0 saturated carbocycles. The predicted molar refractivity (Wildman–Crippen MR) is 152 cm³/mol. The Morgan fingerprint density at radius 3 is 2.38 bits per heavy atom. The largest absolute Gasteiger partial charge is 0.466 e. The number of hydrogen-bond donors (Lipinski definition) is 0. The molecule has 7 rings (SSSR count). The van der Waals surface area contributed by atoms with Crippen molar-refractivity contribution < 1.29 is 9.47 Å². The quantitative estimate of drug-likeness (QED) is 0.367. The summed E-state index contributed by atoms with van der Waals surface area (Å²) in [5.74, 6) is 3.99. The molecule has 0 amide bonds. The molecule has 0 saturated heterocycles. The first kappa shape index (κ1) is 22.4. The Balaban J connectivity index is 1.14. The van der Waals surface area contributed by atoms with Gasteiger partial charge in [0.15, 0.2) is 0 Å². The van der Waals surface area contributed by atoms with Crippen LogP contribution in [0.2, 0.25) is 0 Å². The van der Waals surface area contributed by atoms with E-state index in [1.165, 1.54) is 44.2 Å². The summed E-state index contributed by atoms with van der Waals surface area (Å²) in [5.41, 5.74) is 8.43. The molecular weight excluding hydrogens is 452 g/mol. The molecule has 0 heterocycles. The normalized spacial score (nSPS) is 19.7. The highest BCUT2D eigenvalue weighted by Gasteiger charge is 2.39. The van der Waals surface area contributed by atoms with Gasteiger partial charge in [-0.3, -0.25) is 0 Å². The van der Waals surface area contributed by atoms with Crippen molar-refractivity contribution in [2.75, 3.05) is 0 Å². The molecule has 0 aliphatic heterocycles. The van der Waals surface area contributed by atoms with Crippen molar-refractivity contribution in [3.63, 3.8) is 0 Å². The van der Waals surface area contributed by atoms with Gasteiger partial charge in [-0.05, 0) is 106 Å². The average molecular weight is 485 g/mol. The molecule has 0 spiro atoms. The highest BCUT2D eigenvalue weighted by atomic mass is 16.5. The highest BCUT2D eigenvalue weighted by Crippen LogP contribution is 2.52. The molecule has 0 atom stereocenters. The summed E-state index contributed by atoms with van der Waals surface area (Å²) in [6, 6.07) is 21.3. The Kier molecular flexibility index (Phi) is 5.25. The van der Waals surface area contributed by atoms with E-state index in [0.717, 1.165) is 61.5 Å². The molecule has 0 aromatic heterocycles. The summed E-state index contributed by atoms with van der Waals surface area (Å²) in [5, 5.41) is 2.42. The first-order chi connectivity index (χ1) is 18.0. The van der Waals surface area contributed by atoms with Crippen LogP contribution in [-0.4, -0.2) is 0 Å². The van der Waals surface area contributed by atoms with Gasteiger partial charge in [-0.2, -0.15) is 0 Å². The SMILES string of the molecule is CC1(C)C2=C(CCC(OC3=CC4=C(C=CCC4)CC3)=C2)c2ccc(Oc3ccc4ccccc4c3)cc21. The average Bonchev–Trinajstić information content (AvgIpc) is 3.14. The third-order valence-corrected chi connectivity index (χ3v) is 8.42. The number of benzene rings is 3. The first-order valence-electron chi connectivity index (χ1n) is 13.6. The van der Waals surface area contributed by atoms with Crippen molar-refractivity contribution in [2.45, 2.75) is 57.8 Å². The smallest absolute Gasteiger partial charge is 0.128 e. The number of rotatable bonds is 4. The fraction of sp³-hybridized carbons (Fsp3) is 0.257. The maximum Gasteiger partial charge on any atom is 0.128 e. The van der Waals surface area contributed by atoms with Crippen LogP contribution in [-0.2, 0) is 10.2 Å². The van der Waals surface area contributed by atoms with Gasteiger partial charge in [0, 0.05) is 18.3 Å². The van der Waals surface area contributed by atoms with E-state index in [4.69, 9.17) is 9.47 Å². The van der Waals surface area contributed by atoms with Crippen LogP contribution in [0, 0.1) is 0 Å². The minimum Gasteiger partial charge on any atom is -0.466 e. The second kappa shape index (κ2) is 8.66. The Morgan fingerprint density at radius 1 is 0.676 bits per heavy atom. The van der Waals surface area contributed by atoms with Crippen molar-refractivity contribution in [1.29, 1.82) is 0 Å². The van der Waals surface area contributed by atoms with E-state index in [1.54, 1.807) is 0 Å². The lowest BCUT2D eigenvalue weighted by atomic mass is 9.80. The van der Waals surface area contributed by atoms with E-state index in [2.05, 4.69) is 98.8 Å². The van der Waals surface area contributed by atoms with E-state index in [-0.39, 0.29) is 5.41 Å². The number of hydrogen-bond acceptors (Lipinski definition) is 2. The molecule has 0 fully saturated rings. The summed E-state index contributed by atoms with van der Waals surface area (Å²) in [6.45, 7) is 4.66. The van der Waals surface area contributed by atoms with E-state index in [9.17, 15) is 0 Å². The van der Waals surface area contributed by atoms with Gasteiger partial charge in [0.25, 0.3) is 0 Å². The van der Waals surface area contributed by atoms with Crippen LogP contribution in [0.3, 0.4) is 0 Å². The second-order valence-corrected chi connectivity index (χ2v) is 11.2. The molecule has 0 N–H and O–H groups in total. The summed E-state index contributed by atoms with van der Waals surface area (Å²) >= 11 is 0. The third kappa shape index (κ3) is 3.96. The van der Waals surface area contributed by atoms with Gasteiger partial charge in [-0.15, -0.1) is 0 Å². The van der Waals surface area contributed by atoms with Crippen molar-refractivity contribution in [3.05, 3.63) is 124 Å². The van der Waals surface area contributed by atoms with Crippen molar-refractivity contribution >= 4 is 16.3 Å². The zero-order valence-corrected chi connectivity index (χ0v) is 21.6. The molecule has 0 unspecified atom stereocenters. The van der Waals surface area contributed by atoms with Crippen LogP contribution >= 0.6 is 0 Å². The molecule has 0 radical (unpaired) electrons. The van der Waals surface area contributed by atoms with Crippen LogP contribution in [0.4, 0.5) is 0 Å². The Hall–Kier alpha value is -3.78. The summed E-state index contributed by atoms with van der Waals surface area (Å²) in [6.07, 6.45) is 15.6. The Morgan fingerprint density at radius 2 is 1.46 bits per heavy atom. The number of allylic oxidation sites excluding steroid dienone is 10. The Labute approximate surface area is 219 Å². The van der Waals surface area contributed by atoms with E-state index in [1.807, 2.05) is 0 Å². The molecule has 4 aliphatic rings. The Bertz CT molecular complexity index is 1590. The number of fused-ring (bicyclic) bond motifs is 3. The molecule has 4 aliphatic carbocycles. The van der Waals surface area contributed by atoms with Crippen molar-refractivity contribution in [2.24, 2.45) is 0 Å². The lowest BCUT2D eigenvalue weighted by Gasteiger charge is -2.27. The molecule has 2 nitrogen and oxygen atoms in total. The monoisotopic (exact) mass is 484 g/mol. The maximum atomic E-state index is 6.52. The van der Waals surface area contributed by atoms with Gasteiger partial charge in [0.1, 0.15) is 23.0 Å². The topological polar surface area (TPSA) is 18.5 Å². The molecule has 37 heavy (non-hydrogen) atoms. The van der Waals surface area contributed by atoms with Gasteiger partial charge in [0.2, 0.25) is 0 Å². The fourth-order valence-electron chi connectivity index (χ4n) is 6.41. The van der Waals surface area contributed by atoms with Crippen molar-refractivity contribution in [1.82, 2.24) is 0 Å². The number of ether oxygens (including phenoxy) is 2. The van der Waals surface area contributed by atoms with E-state index < -0.39 is 0 Å². The molecule has 3 aromatic rings. The summed E-state index contributed by atoms with van der Waals surface area (Å²) in [7, 11) is 0. The minimum atomic E-state index is -0.0900. The van der Waals surface area contributed by atoms with Crippen LogP contribution < -0.4 is 4.74 Å². The molecular formula is C35H32O2. The predicted octanol–water partition coefficient (Wildman–Crippen LogP) is 9.70. The summed E-state index contributed by atoms with van der Waals surface area (Å²) in [4.78, 5) is 0. The lowest BCUT2D eigenvalue weighted by Crippen LogP contribution is -2.17. The third-order valence-electron chi connectivity index (χ3n) is 8.42. The van der Waals surface area contributed by atoms with Crippen molar-refractivity contribution in [3.8, 4) is 11.5 Å². The van der Waals surface area contributed by atoms with Gasteiger partial charge in [-0.1, -0.05) is 62.4 Å². The first-order valence-corrected chi connectivity index (χ1v) is 13.6. The van der Waals surface area contributed by atoms with Crippen LogP contribution in [0.25, 0.3) is 16.3 Å². The van der Waals surface area contributed by atoms with Crippen LogP contribution in [0.1, 0.15) is 63.5 Å². The lowest BCUT2D eigenvalue weighted by molar-refractivity contribution is 0.273.